The summed E-state index contributed by atoms with van der Waals surface area (Å²) in [6.07, 6.45) is 3.25. The van der Waals surface area contributed by atoms with Crippen molar-refractivity contribution in [3.63, 3.8) is 0 Å². The number of aromatic nitrogens is 1. The molecule has 1 aromatic carbocycles. The lowest BCUT2D eigenvalue weighted by Gasteiger charge is -2.15. The Bertz CT molecular complexity index is 1070. The number of methoxy groups -OCH3 is 1. The molecule has 1 N–H and O–H groups in total. The van der Waals surface area contributed by atoms with E-state index in [1.807, 2.05) is 12.1 Å². The van der Waals surface area contributed by atoms with Gasteiger partial charge in [-0.15, -0.1) is 11.3 Å². The third-order valence-electron chi connectivity index (χ3n) is 4.83. The molecule has 0 saturated carbocycles. The first-order chi connectivity index (χ1) is 13.5. The van der Waals surface area contributed by atoms with Crippen LogP contribution < -0.4 is 9.46 Å². The molecule has 28 heavy (non-hydrogen) atoms. The van der Waals surface area contributed by atoms with E-state index in [1.165, 1.54) is 11.8 Å². The van der Waals surface area contributed by atoms with Crippen LogP contribution in [0.3, 0.4) is 0 Å². The summed E-state index contributed by atoms with van der Waals surface area (Å²) in [7, 11) is -0.0979. The summed E-state index contributed by atoms with van der Waals surface area (Å²) in [5, 5.41) is 3.85. The van der Waals surface area contributed by atoms with Crippen LogP contribution >= 0.6 is 11.3 Å². The molecule has 4 rings (SSSR count). The van der Waals surface area contributed by atoms with Gasteiger partial charge in [-0.3, -0.25) is 4.72 Å². The molecule has 2 aromatic heterocycles. The highest BCUT2D eigenvalue weighted by atomic mass is 32.2. The Morgan fingerprint density at radius 2 is 1.93 bits per heavy atom. The van der Waals surface area contributed by atoms with Crippen molar-refractivity contribution in [2.24, 2.45) is 0 Å². The lowest BCUT2D eigenvalue weighted by atomic mass is 10.0. The van der Waals surface area contributed by atoms with Crippen molar-refractivity contribution in [1.82, 2.24) is 10.1 Å². The third kappa shape index (κ3) is 3.78. The number of sulfonamides is 1. The smallest absolute Gasteiger partial charge is 0.271 e. The zero-order valence-corrected chi connectivity index (χ0v) is 17.3. The molecule has 9 heteroatoms. The summed E-state index contributed by atoms with van der Waals surface area (Å²) >= 11 is 1.14. The summed E-state index contributed by atoms with van der Waals surface area (Å²) in [6.45, 7) is 1.92. The molecule has 0 spiro atoms. The third-order valence-corrected chi connectivity index (χ3v) is 7.79. The van der Waals surface area contributed by atoms with E-state index in [1.54, 1.807) is 25.3 Å². The minimum Gasteiger partial charge on any atom is -0.495 e. The minimum absolute atomic E-state index is 0.210. The van der Waals surface area contributed by atoms with Gasteiger partial charge in [0.25, 0.3) is 10.0 Å². The van der Waals surface area contributed by atoms with Crippen LogP contribution in [0, 0.1) is 0 Å². The molecule has 0 unspecified atom stereocenters. The summed E-state index contributed by atoms with van der Waals surface area (Å²) in [5.41, 5.74) is 3.42. The van der Waals surface area contributed by atoms with Crippen LogP contribution in [0.25, 0.3) is 10.6 Å². The SMILES string of the molecule is COc1cc2c(cc1NS(=O)(=O)c1ccc(-c3ccon3)s1)CCN(C)CC2. The Balaban J connectivity index is 1.64. The van der Waals surface area contributed by atoms with Gasteiger partial charge >= 0.3 is 0 Å². The maximum atomic E-state index is 12.9. The highest BCUT2D eigenvalue weighted by Crippen LogP contribution is 2.35. The average Bonchev–Trinajstić information content (AvgIpc) is 3.33. The quantitative estimate of drug-likeness (QED) is 0.683. The van der Waals surface area contributed by atoms with Gasteiger partial charge in [0.15, 0.2) is 0 Å². The molecule has 1 aliphatic rings. The molecule has 0 aliphatic carbocycles. The molecule has 0 radical (unpaired) electrons. The fourth-order valence-corrected chi connectivity index (χ4v) is 5.58. The number of nitrogens with one attached hydrogen (secondary N) is 1. The highest BCUT2D eigenvalue weighted by Gasteiger charge is 2.22. The van der Waals surface area contributed by atoms with E-state index < -0.39 is 10.0 Å². The first-order valence-corrected chi connectivity index (χ1v) is 11.2. The number of hydrogen-bond acceptors (Lipinski definition) is 7. The molecule has 3 heterocycles. The maximum Gasteiger partial charge on any atom is 0.271 e. The van der Waals surface area contributed by atoms with E-state index in [0.717, 1.165) is 47.7 Å². The second-order valence-corrected chi connectivity index (χ2v) is 9.73. The van der Waals surface area contributed by atoms with E-state index in [4.69, 9.17) is 9.26 Å². The first kappa shape index (κ1) is 19.0. The van der Waals surface area contributed by atoms with Crippen LogP contribution in [0.2, 0.25) is 0 Å². The number of rotatable bonds is 5. The number of nitrogens with zero attached hydrogens (tertiary/aromatic N) is 2. The number of thiophene rings is 1. The molecule has 0 amide bonds. The number of anilines is 1. The van der Waals surface area contributed by atoms with E-state index in [2.05, 4.69) is 21.8 Å². The standard InChI is InChI=1S/C19H21N3O4S2/c1-22-8-5-13-11-16(17(25-2)12-14(13)6-9-22)21-28(23,24)19-4-3-18(27-19)15-7-10-26-20-15/h3-4,7,10-12,21H,5-6,8-9H2,1-2H3. The fraction of sp³-hybridized carbons (Fsp3) is 0.316. The van der Waals surface area contributed by atoms with Gasteiger partial charge in [0.1, 0.15) is 21.9 Å². The molecule has 0 atom stereocenters. The maximum absolute atomic E-state index is 12.9. The Morgan fingerprint density at radius 1 is 1.18 bits per heavy atom. The number of benzene rings is 1. The zero-order chi connectivity index (χ0) is 19.7. The molecular formula is C19H21N3O4S2. The normalized spacial score (nSPS) is 15.1. The van der Waals surface area contributed by atoms with Crippen molar-refractivity contribution in [1.29, 1.82) is 0 Å². The zero-order valence-electron chi connectivity index (χ0n) is 15.6. The minimum atomic E-state index is -3.74. The van der Waals surface area contributed by atoms with Gasteiger partial charge in [0.05, 0.1) is 17.7 Å². The van der Waals surface area contributed by atoms with Crippen molar-refractivity contribution in [2.45, 2.75) is 17.1 Å². The summed E-state index contributed by atoms with van der Waals surface area (Å²) in [4.78, 5) is 3.00. The Kier molecular flexibility index (Phi) is 5.13. The monoisotopic (exact) mass is 419 g/mol. The summed E-state index contributed by atoms with van der Waals surface area (Å²) in [5.74, 6) is 0.528. The van der Waals surface area contributed by atoms with Crippen molar-refractivity contribution < 1.29 is 17.7 Å². The predicted octanol–water partition coefficient (Wildman–Crippen LogP) is 3.24. The van der Waals surface area contributed by atoms with Crippen LogP contribution in [0.1, 0.15) is 11.1 Å². The van der Waals surface area contributed by atoms with Crippen molar-refractivity contribution in [2.75, 3.05) is 32.0 Å². The molecule has 148 valence electrons. The molecular weight excluding hydrogens is 398 g/mol. The van der Waals surface area contributed by atoms with Gasteiger partial charge in [-0.25, -0.2) is 8.42 Å². The number of hydrogen-bond donors (Lipinski definition) is 1. The molecule has 0 saturated heterocycles. The lowest BCUT2D eigenvalue weighted by Crippen LogP contribution is -2.20. The Hall–Kier alpha value is -2.36. The van der Waals surface area contributed by atoms with Crippen molar-refractivity contribution in [3.05, 3.63) is 47.7 Å². The average molecular weight is 420 g/mol. The predicted molar refractivity (Wildman–Crippen MR) is 109 cm³/mol. The fourth-order valence-electron chi connectivity index (χ4n) is 3.25. The molecule has 3 aromatic rings. The largest absolute Gasteiger partial charge is 0.495 e. The van der Waals surface area contributed by atoms with Gasteiger partial charge in [0, 0.05) is 19.2 Å². The van der Waals surface area contributed by atoms with Crippen LogP contribution in [0.4, 0.5) is 5.69 Å². The van der Waals surface area contributed by atoms with Crippen LogP contribution in [0.5, 0.6) is 5.75 Å². The molecule has 0 fully saturated rings. The first-order valence-electron chi connectivity index (χ1n) is 8.88. The summed E-state index contributed by atoms with van der Waals surface area (Å²) in [6, 6.07) is 8.84. The second kappa shape index (κ2) is 7.57. The van der Waals surface area contributed by atoms with E-state index in [9.17, 15) is 8.42 Å². The number of ether oxygens (including phenoxy) is 1. The van der Waals surface area contributed by atoms with Crippen LogP contribution in [0.15, 0.2) is 45.3 Å². The molecule has 1 aliphatic heterocycles. The van der Waals surface area contributed by atoms with E-state index >= 15 is 0 Å². The van der Waals surface area contributed by atoms with Crippen molar-refractivity contribution >= 4 is 27.0 Å². The Labute approximate surface area is 168 Å². The van der Waals surface area contributed by atoms with Gasteiger partial charge in [0.2, 0.25) is 0 Å². The highest BCUT2D eigenvalue weighted by molar-refractivity contribution is 7.94. The van der Waals surface area contributed by atoms with Gasteiger partial charge in [-0.05, 0) is 55.3 Å². The summed E-state index contributed by atoms with van der Waals surface area (Å²) < 4.78 is 39.1. The Morgan fingerprint density at radius 3 is 2.61 bits per heavy atom. The van der Waals surface area contributed by atoms with Gasteiger partial charge in [-0.1, -0.05) is 5.16 Å². The molecule has 0 bridgehead atoms. The van der Waals surface area contributed by atoms with Crippen LogP contribution in [-0.2, 0) is 22.9 Å². The number of likely N-dealkylation sites (N-methyl/N-ethyl adjacent to an activating group) is 1. The van der Waals surface area contributed by atoms with Gasteiger partial charge < -0.3 is 14.2 Å². The van der Waals surface area contributed by atoms with E-state index in [-0.39, 0.29) is 4.21 Å². The molecule has 7 nitrogen and oxygen atoms in total. The van der Waals surface area contributed by atoms with Gasteiger partial charge in [-0.2, -0.15) is 0 Å². The number of fused-ring (bicyclic) bond motifs is 1. The van der Waals surface area contributed by atoms with Crippen LogP contribution in [-0.4, -0.2) is 45.7 Å². The second-order valence-electron chi connectivity index (χ2n) is 6.73. The topological polar surface area (TPSA) is 84.7 Å². The van der Waals surface area contributed by atoms with Crippen molar-refractivity contribution in [3.8, 4) is 16.3 Å². The lowest BCUT2D eigenvalue weighted by molar-refractivity contribution is 0.352. The van der Waals surface area contributed by atoms with E-state index in [0.29, 0.717) is 17.1 Å².